The molecule has 1 aromatic carbocycles. The molecule has 0 radical (unpaired) electrons. The van der Waals surface area contributed by atoms with Crippen LogP contribution in [-0.2, 0) is 11.2 Å². The molecule has 0 aliphatic carbocycles. The number of thiazole rings is 1. The summed E-state index contributed by atoms with van der Waals surface area (Å²) in [5, 5.41) is 2.25. The minimum absolute atomic E-state index is 0.00502. The lowest BCUT2D eigenvalue weighted by molar-refractivity contribution is -0.131. The highest BCUT2D eigenvalue weighted by atomic mass is 32.1. The summed E-state index contributed by atoms with van der Waals surface area (Å²) in [4.78, 5) is 23.5. The van der Waals surface area contributed by atoms with Crippen LogP contribution in [0.5, 0.6) is 0 Å². The predicted octanol–water partition coefficient (Wildman–Crippen LogP) is 4.39. The van der Waals surface area contributed by atoms with Crippen molar-refractivity contribution < 1.29 is 4.79 Å². The Kier molecular flexibility index (Phi) is 4.71. The van der Waals surface area contributed by atoms with Gasteiger partial charge in [0.2, 0.25) is 5.91 Å². The molecule has 1 amide bonds. The summed E-state index contributed by atoms with van der Waals surface area (Å²) in [7, 11) is 1.87. The first-order valence-electron chi connectivity index (χ1n) is 8.22. The topological polar surface area (TPSA) is 49.0 Å². The molecule has 2 aromatic heterocycles. The van der Waals surface area contributed by atoms with E-state index in [0.29, 0.717) is 6.42 Å². The Hall–Kier alpha value is -2.14. The van der Waals surface area contributed by atoms with Crippen LogP contribution in [0.1, 0.15) is 40.5 Å². The van der Waals surface area contributed by atoms with Crippen molar-refractivity contribution in [1.29, 1.82) is 0 Å². The zero-order chi connectivity index (χ0) is 17.3. The maximum Gasteiger partial charge on any atom is 0.223 e. The number of fused-ring (bicyclic) bond motifs is 1. The Morgan fingerprint density at radius 1 is 1.33 bits per heavy atom. The molecule has 2 heterocycles. The van der Waals surface area contributed by atoms with Gasteiger partial charge in [0.1, 0.15) is 0 Å². The van der Waals surface area contributed by atoms with Crippen molar-refractivity contribution in [2.45, 2.75) is 39.7 Å². The molecule has 0 saturated carbocycles. The van der Waals surface area contributed by atoms with Crippen molar-refractivity contribution in [3.8, 4) is 0 Å². The molecular formula is C19H23N3OS. The molecule has 4 nitrogen and oxygen atoms in total. The predicted molar refractivity (Wildman–Crippen MR) is 99.4 cm³/mol. The van der Waals surface area contributed by atoms with Gasteiger partial charge in [-0.25, -0.2) is 4.98 Å². The molecule has 0 aliphatic heterocycles. The number of aromatic amines is 1. The Morgan fingerprint density at radius 2 is 2.08 bits per heavy atom. The fourth-order valence-corrected chi connectivity index (χ4v) is 4.00. The van der Waals surface area contributed by atoms with Crippen molar-refractivity contribution in [2.24, 2.45) is 0 Å². The highest BCUT2D eigenvalue weighted by molar-refractivity contribution is 7.11. The number of hydrogen-bond acceptors (Lipinski definition) is 3. The molecule has 0 spiro atoms. The van der Waals surface area contributed by atoms with Crippen molar-refractivity contribution >= 4 is 28.1 Å². The number of nitrogens with zero attached hydrogens (tertiary/aromatic N) is 2. The molecule has 0 bridgehead atoms. The van der Waals surface area contributed by atoms with Crippen LogP contribution in [0.2, 0.25) is 0 Å². The lowest BCUT2D eigenvalue weighted by Gasteiger charge is -2.24. The maximum absolute atomic E-state index is 12.6. The largest absolute Gasteiger partial charge is 0.361 e. The Bertz CT molecular complexity index is 865. The Morgan fingerprint density at radius 3 is 2.79 bits per heavy atom. The van der Waals surface area contributed by atoms with Gasteiger partial charge in [-0.15, -0.1) is 11.3 Å². The fourth-order valence-electron chi connectivity index (χ4n) is 3.09. The third-order valence-electron chi connectivity index (χ3n) is 4.59. The van der Waals surface area contributed by atoms with Gasteiger partial charge < -0.3 is 9.88 Å². The molecule has 0 aliphatic rings. The summed E-state index contributed by atoms with van der Waals surface area (Å²) < 4.78 is 0. The second-order valence-corrected chi connectivity index (χ2v) is 7.62. The smallest absolute Gasteiger partial charge is 0.223 e. The number of benzene rings is 1. The molecular weight excluding hydrogens is 318 g/mol. The number of carbonyl (C=O) groups is 1. The number of nitrogens with one attached hydrogen (secondary N) is 1. The molecule has 0 saturated heterocycles. The summed E-state index contributed by atoms with van der Waals surface area (Å²) >= 11 is 1.69. The third-order valence-corrected chi connectivity index (χ3v) is 5.49. The number of carbonyl (C=O) groups excluding carboxylic acids is 1. The summed E-state index contributed by atoms with van der Waals surface area (Å²) in [6.07, 6.45) is 3.26. The summed E-state index contributed by atoms with van der Waals surface area (Å²) in [6, 6.07) is 8.21. The van der Waals surface area contributed by atoms with Gasteiger partial charge in [-0.3, -0.25) is 4.79 Å². The van der Waals surface area contributed by atoms with Gasteiger partial charge in [-0.1, -0.05) is 18.2 Å². The molecule has 0 unspecified atom stereocenters. The number of aryl methyl sites for hydroxylation is 3. The van der Waals surface area contributed by atoms with E-state index in [1.54, 1.807) is 11.3 Å². The first kappa shape index (κ1) is 16.7. The van der Waals surface area contributed by atoms with Crippen molar-refractivity contribution in [3.63, 3.8) is 0 Å². The van der Waals surface area contributed by atoms with Crippen LogP contribution >= 0.6 is 11.3 Å². The van der Waals surface area contributed by atoms with Crippen molar-refractivity contribution in [2.75, 3.05) is 7.05 Å². The molecule has 3 rings (SSSR count). The normalized spacial score (nSPS) is 12.5. The number of hydrogen-bond donors (Lipinski definition) is 1. The van der Waals surface area contributed by atoms with Crippen molar-refractivity contribution in [3.05, 3.63) is 51.6 Å². The average molecular weight is 341 g/mol. The van der Waals surface area contributed by atoms with Gasteiger partial charge in [0.15, 0.2) is 0 Å². The first-order valence-corrected chi connectivity index (χ1v) is 9.03. The van der Waals surface area contributed by atoms with E-state index in [0.717, 1.165) is 22.6 Å². The van der Waals surface area contributed by atoms with Gasteiger partial charge in [0.05, 0.1) is 16.7 Å². The molecule has 126 valence electrons. The van der Waals surface area contributed by atoms with Gasteiger partial charge in [-0.2, -0.15) is 0 Å². The van der Waals surface area contributed by atoms with E-state index in [1.807, 2.05) is 44.1 Å². The SMILES string of the molecule is Cc1nc([C@H](C)N(C)C(=O)CCc2c[nH]c3ccccc23)c(C)s1. The Labute approximate surface area is 146 Å². The fraction of sp³-hybridized carbons (Fsp3) is 0.368. The van der Waals surface area contributed by atoms with E-state index in [4.69, 9.17) is 0 Å². The van der Waals surface area contributed by atoms with Gasteiger partial charge in [0, 0.05) is 35.4 Å². The summed E-state index contributed by atoms with van der Waals surface area (Å²) in [5.41, 5.74) is 3.33. The monoisotopic (exact) mass is 341 g/mol. The van der Waals surface area contributed by atoms with E-state index >= 15 is 0 Å². The number of H-pyrrole nitrogens is 1. The van der Waals surface area contributed by atoms with Gasteiger partial charge in [0.25, 0.3) is 0 Å². The average Bonchev–Trinajstić information content (AvgIpc) is 3.14. The minimum atomic E-state index is 0.00502. The van der Waals surface area contributed by atoms with Crippen LogP contribution in [0, 0.1) is 13.8 Å². The number of aromatic nitrogens is 2. The van der Waals surface area contributed by atoms with E-state index < -0.39 is 0 Å². The van der Waals surface area contributed by atoms with Crippen LogP contribution in [-0.4, -0.2) is 27.8 Å². The van der Waals surface area contributed by atoms with Crippen LogP contribution < -0.4 is 0 Å². The highest BCUT2D eigenvalue weighted by Crippen LogP contribution is 2.27. The second-order valence-electron chi connectivity index (χ2n) is 6.21. The van der Waals surface area contributed by atoms with Crippen LogP contribution in [0.4, 0.5) is 0 Å². The molecule has 24 heavy (non-hydrogen) atoms. The quantitative estimate of drug-likeness (QED) is 0.748. The summed E-state index contributed by atoms with van der Waals surface area (Å²) in [6.45, 7) is 6.12. The van der Waals surface area contributed by atoms with E-state index in [9.17, 15) is 4.79 Å². The summed E-state index contributed by atoms with van der Waals surface area (Å²) in [5.74, 6) is 0.151. The zero-order valence-corrected chi connectivity index (χ0v) is 15.4. The molecule has 5 heteroatoms. The third kappa shape index (κ3) is 3.22. The van der Waals surface area contributed by atoms with Crippen LogP contribution in [0.15, 0.2) is 30.5 Å². The van der Waals surface area contributed by atoms with Gasteiger partial charge >= 0.3 is 0 Å². The van der Waals surface area contributed by atoms with Gasteiger partial charge in [-0.05, 0) is 38.8 Å². The first-order chi connectivity index (χ1) is 11.5. The minimum Gasteiger partial charge on any atom is -0.361 e. The number of amides is 1. The second kappa shape index (κ2) is 6.77. The zero-order valence-electron chi connectivity index (χ0n) is 14.6. The molecule has 0 fully saturated rings. The molecule has 3 aromatic rings. The van der Waals surface area contributed by atoms with Crippen molar-refractivity contribution in [1.82, 2.24) is 14.9 Å². The highest BCUT2D eigenvalue weighted by Gasteiger charge is 2.21. The maximum atomic E-state index is 12.6. The van der Waals surface area contributed by atoms with Crippen LogP contribution in [0.3, 0.4) is 0 Å². The standard InChI is InChI=1S/C19H23N3OS/c1-12(19-13(2)24-14(3)21-19)22(4)18(23)10-9-15-11-20-17-8-6-5-7-16(15)17/h5-8,11-12,20H,9-10H2,1-4H3/t12-/m0/s1. The van der Waals surface area contributed by atoms with E-state index in [2.05, 4.69) is 29.0 Å². The van der Waals surface area contributed by atoms with E-state index in [-0.39, 0.29) is 11.9 Å². The lowest BCUT2D eigenvalue weighted by atomic mass is 10.1. The Balaban J connectivity index is 1.67. The number of rotatable bonds is 5. The van der Waals surface area contributed by atoms with E-state index in [1.165, 1.54) is 15.8 Å². The molecule has 1 atom stereocenters. The molecule has 1 N–H and O–H groups in total. The number of para-hydroxylation sites is 1. The van der Waals surface area contributed by atoms with Crippen LogP contribution in [0.25, 0.3) is 10.9 Å². The lowest BCUT2D eigenvalue weighted by Crippen LogP contribution is -2.30.